The molecule has 2 atom stereocenters. The number of benzene rings is 1. The molecule has 2 heterocycles. The number of rotatable bonds is 0. The molecule has 4 rings (SSSR count). The first-order chi connectivity index (χ1) is 9.75. The van der Waals surface area contributed by atoms with E-state index in [9.17, 15) is 9.59 Å². The van der Waals surface area contributed by atoms with Gasteiger partial charge in [-0.25, -0.2) is 9.66 Å². The third kappa shape index (κ3) is 1.52. The molecule has 1 aromatic heterocycles. The predicted octanol–water partition coefficient (Wildman–Crippen LogP) is 1.75. The minimum Gasteiger partial charge on any atom is -0.273 e. The van der Waals surface area contributed by atoms with Gasteiger partial charge < -0.3 is 0 Å². The Balaban J connectivity index is 2.00. The molecule has 20 heavy (non-hydrogen) atoms. The van der Waals surface area contributed by atoms with Crippen molar-refractivity contribution >= 4 is 16.8 Å². The molecule has 0 bridgehead atoms. The van der Waals surface area contributed by atoms with E-state index in [2.05, 4.69) is 10.4 Å². The number of carbonyl (C=O) groups excluding carboxylic acids is 1. The second-order valence-corrected chi connectivity index (χ2v) is 5.60. The average molecular weight is 269 g/mol. The highest BCUT2D eigenvalue weighted by Crippen LogP contribution is 2.39. The summed E-state index contributed by atoms with van der Waals surface area (Å²) in [5, 5.41) is 0.547. The van der Waals surface area contributed by atoms with Gasteiger partial charge in [0.25, 0.3) is 5.56 Å². The molecule has 1 saturated carbocycles. The summed E-state index contributed by atoms with van der Waals surface area (Å²) in [4.78, 5) is 29.3. The first-order valence-electron chi connectivity index (χ1n) is 7.08. The van der Waals surface area contributed by atoms with Crippen LogP contribution >= 0.6 is 0 Å². The Bertz CT molecular complexity index is 765. The van der Waals surface area contributed by atoms with Gasteiger partial charge in [0.15, 0.2) is 0 Å². The van der Waals surface area contributed by atoms with Crippen LogP contribution in [-0.4, -0.2) is 15.6 Å². The SMILES string of the molecule is O=C1Nn2c(nc3ccccc3c2=O)C2CCCCC12. The Morgan fingerprint density at radius 2 is 1.85 bits per heavy atom. The first-order valence-corrected chi connectivity index (χ1v) is 7.08. The zero-order valence-electron chi connectivity index (χ0n) is 11.0. The van der Waals surface area contributed by atoms with Crippen LogP contribution < -0.4 is 11.0 Å². The minimum atomic E-state index is -0.178. The van der Waals surface area contributed by atoms with Crippen LogP contribution in [0.4, 0.5) is 0 Å². The maximum Gasteiger partial charge on any atom is 0.280 e. The quantitative estimate of drug-likeness (QED) is 0.792. The molecular formula is C15H15N3O2. The summed E-state index contributed by atoms with van der Waals surface area (Å²) in [7, 11) is 0. The van der Waals surface area contributed by atoms with E-state index < -0.39 is 0 Å². The standard InChI is InChI=1S/C15H15N3O2/c19-14-10-6-2-1-5-9(10)13-16-12-8-4-3-7-11(12)15(20)18(13)17-14/h3-4,7-10H,1-2,5-6H2,(H,17,19). The molecule has 1 fully saturated rings. The van der Waals surface area contributed by atoms with E-state index in [-0.39, 0.29) is 23.3 Å². The van der Waals surface area contributed by atoms with Crippen LogP contribution in [0.5, 0.6) is 0 Å². The lowest BCUT2D eigenvalue weighted by Crippen LogP contribution is -2.47. The number of nitrogens with zero attached hydrogens (tertiary/aromatic N) is 2. The zero-order valence-corrected chi connectivity index (χ0v) is 11.0. The summed E-state index contributed by atoms with van der Waals surface area (Å²) in [6.45, 7) is 0. The maximum absolute atomic E-state index is 12.5. The molecule has 2 unspecified atom stereocenters. The number of amides is 1. The van der Waals surface area contributed by atoms with Crippen LogP contribution in [0.2, 0.25) is 0 Å². The van der Waals surface area contributed by atoms with Gasteiger partial charge in [-0.1, -0.05) is 25.0 Å². The van der Waals surface area contributed by atoms with Crippen LogP contribution in [0.25, 0.3) is 10.9 Å². The van der Waals surface area contributed by atoms with Gasteiger partial charge in [-0.05, 0) is 25.0 Å². The Morgan fingerprint density at radius 1 is 1.10 bits per heavy atom. The van der Waals surface area contributed by atoms with Crippen LogP contribution in [0.3, 0.4) is 0 Å². The van der Waals surface area contributed by atoms with Gasteiger partial charge in [0.2, 0.25) is 5.91 Å². The lowest BCUT2D eigenvalue weighted by atomic mass is 9.77. The summed E-state index contributed by atoms with van der Waals surface area (Å²) in [6, 6.07) is 7.29. The third-order valence-corrected chi connectivity index (χ3v) is 4.46. The van der Waals surface area contributed by atoms with E-state index in [1.165, 1.54) is 4.68 Å². The van der Waals surface area contributed by atoms with Gasteiger partial charge in [0.1, 0.15) is 5.82 Å². The molecule has 1 amide bonds. The van der Waals surface area contributed by atoms with Crippen LogP contribution in [0, 0.1) is 5.92 Å². The lowest BCUT2D eigenvalue weighted by molar-refractivity contribution is -0.123. The van der Waals surface area contributed by atoms with Gasteiger partial charge in [-0.2, -0.15) is 0 Å². The highest BCUT2D eigenvalue weighted by Gasteiger charge is 2.39. The Labute approximate surface area is 115 Å². The van der Waals surface area contributed by atoms with Crippen LogP contribution in [0.1, 0.15) is 37.4 Å². The lowest BCUT2D eigenvalue weighted by Gasteiger charge is -2.35. The topological polar surface area (TPSA) is 64.0 Å². The van der Waals surface area contributed by atoms with Gasteiger partial charge in [-0.3, -0.25) is 15.0 Å². The summed E-state index contributed by atoms with van der Waals surface area (Å²) >= 11 is 0. The molecule has 2 aromatic rings. The minimum absolute atomic E-state index is 0.0307. The summed E-state index contributed by atoms with van der Waals surface area (Å²) in [5.41, 5.74) is 3.26. The van der Waals surface area contributed by atoms with E-state index in [4.69, 9.17) is 0 Å². The summed E-state index contributed by atoms with van der Waals surface area (Å²) < 4.78 is 1.36. The number of para-hydroxylation sites is 1. The van der Waals surface area contributed by atoms with Gasteiger partial charge >= 0.3 is 0 Å². The molecular weight excluding hydrogens is 254 g/mol. The molecule has 1 aliphatic heterocycles. The molecule has 1 aromatic carbocycles. The highest BCUT2D eigenvalue weighted by atomic mass is 16.2. The molecule has 0 saturated heterocycles. The smallest absolute Gasteiger partial charge is 0.273 e. The van der Waals surface area contributed by atoms with Gasteiger partial charge in [0, 0.05) is 11.8 Å². The fourth-order valence-corrected chi connectivity index (χ4v) is 3.45. The second-order valence-electron chi connectivity index (χ2n) is 5.60. The number of nitrogens with one attached hydrogen (secondary N) is 1. The molecule has 2 aliphatic rings. The molecule has 0 radical (unpaired) electrons. The fraction of sp³-hybridized carbons (Fsp3) is 0.400. The normalized spacial score (nSPS) is 24.9. The number of hydrogen-bond acceptors (Lipinski definition) is 3. The number of fused-ring (bicyclic) bond motifs is 4. The van der Waals surface area contributed by atoms with Gasteiger partial charge in [-0.15, -0.1) is 0 Å². The van der Waals surface area contributed by atoms with Crippen molar-refractivity contribution in [1.29, 1.82) is 0 Å². The molecule has 102 valence electrons. The number of carbonyl (C=O) groups is 1. The highest BCUT2D eigenvalue weighted by molar-refractivity contribution is 5.89. The van der Waals surface area contributed by atoms with E-state index in [0.29, 0.717) is 10.9 Å². The first kappa shape index (κ1) is 11.6. The van der Waals surface area contributed by atoms with Crippen molar-refractivity contribution in [3.63, 3.8) is 0 Å². The monoisotopic (exact) mass is 269 g/mol. The fourth-order valence-electron chi connectivity index (χ4n) is 3.45. The molecule has 5 heteroatoms. The van der Waals surface area contributed by atoms with Crippen molar-refractivity contribution in [2.24, 2.45) is 5.92 Å². The van der Waals surface area contributed by atoms with Crippen molar-refractivity contribution in [3.8, 4) is 0 Å². The van der Waals surface area contributed by atoms with Crippen molar-refractivity contribution in [2.75, 3.05) is 5.43 Å². The third-order valence-electron chi connectivity index (χ3n) is 4.46. The predicted molar refractivity (Wildman–Crippen MR) is 75.1 cm³/mol. The van der Waals surface area contributed by atoms with Crippen LogP contribution in [-0.2, 0) is 4.79 Å². The molecule has 1 N–H and O–H groups in total. The Morgan fingerprint density at radius 3 is 2.70 bits per heavy atom. The summed E-state index contributed by atoms with van der Waals surface area (Å²) in [5.74, 6) is 0.728. The average Bonchev–Trinajstić information content (AvgIpc) is 2.49. The van der Waals surface area contributed by atoms with E-state index in [1.54, 1.807) is 6.07 Å². The molecule has 1 aliphatic carbocycles. The maximum atomic E-state index is 12.5. The van der Waals surface area contributed by atoms with Crippen molar-refractivity contribution in [1.82, 2.24) is 9.66 Å². The Hall–Kier alpha value is -2.17. The van der Waals surface area contributed by atoms with E-state index in [1.807, 2.05) is 18.2 Å². The molecule has 5 nitrogen and oxygen atoms in total. The van der Waals surface area contributed by atoms with Crippen molar-refractivity contribution in [2.45, 2.75) is 31.6 Å². The largest absolute Gasteiger partial charge is 0.280 e. The second kappa shape index (κ2) is 4.16. The number of aromatic nitrogens is 2. The van der Waals surface area contributed by atoms with Crippen molar-refractivity contribution < 1.29 is 4.79 Å². The van der Waals surface area contributed by atoms with Crippen molar-refractivity contribution in [3.05, 3.63) is 40.4 Å². The van der Waals surface area contributed by atoms with Gasteiger partial charge in [0.05, 0.1) is 10.9 Å². The summed E-state index contributed by atoms with van der Waals surface area (Å²) in [6.07, 6.45) is 3.99. The number of hydrogen-bond donors (Lipinski definition) is 1. The van der Waals surface area contributed by atoms with E-state index in [0.717, 1.165) is 31.5 Å². The van der Waals surface area contributed by atoms with Crippen LogP contribution in [0.15, 0.2) is 29.1 Å². The Kier molecular flexibility index (Phi) is 2.42. The molecule has 0 spiro atoms. The zero-order chi connectivity index (χ0) is 13.7. The van der Waals surface area contributed by atoms with E-state index >= 15 is 0 Å².